The third-order valence-electron chi connectivity index (χ3n) is 4.11. The molecule has 0 saturated heterocycles. The molecule has 2 heterocycles. The molecule has 4 rings (SSSR count). The van der Waals surface area contributed by atoms with Crippen LogP contribution in [0, 0.1) is 3.95 Å². The highest BCUT2D eigenvalue weighted by Crippen LogP contribution is 2.34. The predicted molar refractivity (Wildman–Crippen MR) is 106 cm³/mol. The zero-order valence-electron chi connectivity index (χ0n) is 14.1. The van der Waals surface area contributed by atoms with Gasteiger partial charge in [0.15, 0.2) is 3.95 Å². The van der Waals surface area contributed by atoms with Crippen molar-refractivity contribution >= 4 is 35.3 Å². The lowest BCUT2D eigenvalue weighted by Gasteiger charge is -2.27. The van der Waals surface area contributed by atoms with Crippen molar-refractivity contribution in [3.63, 3.8) is 0 Å². The van der Waals surface area contributed by atoms with E-state index in [1.165, 1.54) is 11.3 Å². The summed E-state index contributed by atoms with van der Waals surface area (Å²) < 4.78 is 8.03. The maximum absolute atomic E-state index is 12.6. The third kappa shape index (κ3) is 3.00. The monoisotopic (exact) mass is 383 g/mol. The zero-order chi connectivity index (χ0) is 18.1. The third-order valence-corrected chi connectivity index (χ3v) is 5.48. The minimum atomic E-state index is -0.329. The summed E-state index contributed by atoms with van der Waals surface area (Å²) >= 11 is 6.81. The van der Waals surface area contributed by atoms with E-state index in [1.807, 2.05) is 66.1 Å². The molecular formula is C19H17N3O2S2. The second kappa shape index (κ2) is 6.93. The number of para-hydroxylation sites is 1. The molecule has 1 aromatic heterocycles. The van der Waals surface area contributed by atoms with Crippen LogP contribution in [0.3, 0.4) is 0 Å². The molecule has 0 radical (unpaired) electrons. The van der Waals surface area contributed by atoms with Crippen molar-refractivity contribution in [1.29, 1.82) is 0 Å². The van der Waals surface area contributed by atoms with Gasteiger partial charge in [-0.15, -0.1) is 0 Å². The van der Waals surface area contributed by atoms with Crippen molar-refractivity contribution in [2.75, 3.05) is 11.9 Å². The van der Waals surface area contributed by atoms with Crippen molar-refractivity contribution < 1.29 is 9.53 Å². The van der Waals surface area contributed by atoms with Crippen LogP contribution in [0.15, 0.2) is 54.6 Å². The van der Waals surface area contributed by atoms with E-state index in [0.29, 0.717) is 15.4 Å². The van der Waals surface area contributed by atoms with Crippen LogP contribution in [0.25, 0.3) is 5.69 Å². The van der Waals surface area contributed by atoms with Gasteiger partial charge in [0.25, 0.3) is 5.91 Å². The molecule has 132 valence electrons. The SMILES string of the molecule is CCOc1ccc([C@@H]2NC(=O)c3sc(=S)n(-c4ccccc4)c3N2)cc1. The van der Waals surface area contributed by atoms with E-state index in [0.717, 1.165) is 22.8 Å². The van der Waals surface area contributed by atoms with E-state index in [2.05, 4.69) is 10.6 Å². The molecule has 0 unspecified atom stereocenters. The molecule has 3 aromatic rings. The van der Waals surface area contributed by atoms with Crippen molar-refractivity contribution in [1.82, 2.24) is 9.88 Å². The standard InChI is InChI=1S/C19H17N3O2S2/c1-2-24-14-10-8-12(9-11-14)16-20-17-15(18(23)21-16)26-19(25)22(17)13-6-4-3-5-7-13/h3-11,16,20H,2H2,1H3,(H,21,23)/t16-/m0/s1. The molecule has 0 aliphatic carbocycles. The second-order valence-electron chi connectivity index (χ2n) is 5.77. The first kappa shape index (κ1) is 16.8. The van der Waals surface area contributed by atoms with Gasteiger partial charge in [-0.25, -0.2) is 0 Å². The van der Waals surface area contributed by atoms with Crippen LogP contribution in [0.5, 0.6) is 5.75 Å². The van der Waals surface area contributed by atoms with E-state index >= 15 is 0 Å². The Morgan fingerprint density at radius 2 is 1.85 bits per heavy atom. The molecule has 0 saturated carbocycles. The Bertz CT molecular complexity index is 994. The van der Waals surface area contributed by atoms with Gasteiger partial charge >= 0.3 is 0 Å². The molecule has 0 bridgehead atoms. The number of fused-ring (bicyclic) bond motifs is 1. The number of amides is 1. The van der Waals surface area contributed by atoms with E-state index in [9.17, 15) is 4.79 Å². The summed E-state index contributed by atoms with van der Waals surface area (Å²) in [4.78, 5) is 13.2. The Balaban J connectivity index is 1.72. The lowest BCUT2D eigenvalue weighted by molar-refractivity contribution is 0.0939. The van der Waals surface area contributed by atoms with Crippen LogP contribution in [-0.4, -0.2) is 17.1 Å². The first-order chi connectivity index (χ1) is 12.7. The molecule has 0 fully saturated rings. The maximum Gasteiger partial charge on any atom is 0.267 e. The number of anilines is 1. The Morgan fingerprint density at radius 3 is 2.54 bits per heavy atom. The number of carbonyl (C=O) groups excluding carboxylic acids is 1. The number of rotatable bonds is 4. The fourth-order valence-corrected chi connectivity index (χ4v) is 4.24. The van der Waals surface area contributed by atoms with Gasteiger partial charge in [-0.05, 0) is 49.0 Å². The number of benzene rings is 2. The Morgan fingerprint density at radius 1 is 1.12 bits per heavy atom. The molecule has 2 N–H and O–H groups in total. The van der Waals surface area contributed by atoms with Crippen molar-refractivity contribution in [2.45, 2.75) is 13.1 Å². The number of thiazole rings is 1. The number of carbonyl (C=O) groups is 1. The number of ether oxygens (including phenoxy) is 1. The average Bonchev–Trinajstić information content (AvgIpc) is 3.00. The largest absolute Gasteiger partial charge is 0.494 e. The van der Waals surface area contributed by atoms with Crippen LogP contribution in [0.4, 0.5) is 5.82 Å². The summed E-state index contributed by atoms with van der Waals surface area (Å²) in [5.74, 6) is 1.42. The van der Waals surface area contributed by atoms with Gasteiger partial charge in [0, 0.05) is 5.69 Å². The molecule has 26 heavy (non-hydrogen) atoms. The minimum absolute atomic E-state index is 0.122. The molecule has 1 aliphatic heterocycles. The van der Waals surface area contributed by atoms with Gasteiger partial charge in [0.2, 0.25) is 0 Å². The molecular weight excluding hydrogens is 366 g/mol. The number of nitrogens with one attached hydrogen (secondary N) is 2. The van der Waals surface area contributed by atoms with Crippen molar-refractivity contribution in [2.24, 2.45) is 0 Å². The lowest BCUT2D eigenvalue weighted by atomic mass is 10.1. The van der Waals surface area contributed by atoms with Gasteiger partial charge in [-0.2, -0.15) is 0 Å². The number of hydrogen-bond acceptors (Lipinski definition) is 5. The van der Waals surface area contributed by atoms with Gasteiger partial charge in [0.05, 0.1) is 6.61 Å². The highest BCUT2D eigenvalue weighted by Gasteiger charge is 2.29. The molecule has 7 heteroatoms. The van der Waals surface area contributed by atoms with E-state index in [1.54, 1.807) is 0 Å². The second-order valence-corrected chi connectivity index (χ2v) is 7.41. The summed E-state index contributed by atoms with van der Waals surface area (Å²) in [5, 5.41) is 6.41. The van der Waals surface area contributed by atoms with Gasteiger partial charge < -0.3 is 15.4 Å². The Labute approximate surface area is 160 Å². The topological polar surface area (TPSA) is 55.3 Å². The normalized spacial score (nSPS) is 15.7. The summed E-state index contributed by atoms with van der Waals surface area (Å²) in [6.45, 7) is 2.57. The summed E-state index contributed by atoms with van der Waals surface area (Å²) in [6.07, 6.45) is -0.329. The summed E-state index contributed by atoms with van der Waals surface area (Å²) in [7, 11) is 0. The summed E-state index contributed by atoms with van der Waals surface area (Å²) in [5.41, 5.74) is 1.88. The van der Waals surface area contributed by atoms with Gasteiger partial charge in [0.1, 0.15) is 22.6 Å². The van der Waals surface area contributed by atoms with E-state index in [-0.39, 0.29) is 12.1 Å². The molecule has 2 aromatic carbocycles. The molecule has 0 spiro atoms. The predicted octanol–water partition coefficient (Wildman–Crippen LogP) is 4.52. The zero-order valence-corrected chi connectivity index (χ0v) is 15.7. The molecule has 1 amide bonds. The first-order valence-corrected chi connectivity index (χ1v) is 9.51. The highest BCUT2D eigenvalue weighted by molar-refractivity contribution is 7.73. The van der Waals surface area contributed by atoms with Crippen LogP contribution in [0.2, 0.25) is 0 Å². The molecule has 1 aliphatic rings. The van der Waals surface area contributed by atoms with Gasteiger partial charge in [-0.1, -0.05) is 41.7 Å². The maximum atomic E-state index is 12.6. The van der Waals surface area contributed by atoms with Crippen LogP contribution < -0.4 is 15.4 Å². The Kier molecular flexibility index (Phi) is 4.48. The van der Waals surface area contributed by atoms with Crippen LogP contribution in [-0.2, 0) is 0 Å². The fraction of sp³-hybridized carbons (Fsp3) is 0.158. The van der Waals surface area contributed by atoms with E-state index < -0.39 is 0 Å². The number of nitrogens with zero attached hydrogens (tertiary/aromatic N) is 1. The smallest absolute Gasteiger partial charge is 0.267 e. The number of aromatic nitrogens is 1. The first-order valence-electron chi connectivity index (χ1n) is 8.29. The number of hydrogen-bond donors (Lipinski definition) is 2. The van der Waals surface area contributed by atoms with Gasteiger partial charge in [-0.3, -0.25) is 9.36 Å². The minimum Gasteiger partial charge on any atom is -0.494 e. The van der Waals surface area contributed by atoms with Crippen molar-refractivity contribution in [3.8, 4) is 11.4 Å². The Hall–Kier alpha value is -2.64. The van der Waals surface area contributed by atoms with Crippen LogP contribution >= 0.6 is 23.6 Å². The highest BCUT2D eigenvalue weighted by atomic mass is 32.1. The van der Waals surface area contributed by atoms with E-state index in [4.69, 9.17) is 17.0 Å². The lowest BCUT2D eigenvalue weighted by Crippen LogP contribution is -2.38. The molecule has 5 nitrogen and oxygen atoms in total. The van der Waals surface area contributed by atoms with Crippen molar-refractivity contribution in [3.05, 3.63) is 69.0 Å². The fourth-order valence-electron chi connectivity index (χ4n) is 2.93. The molecule has 1 atom stereocenters. The summed E-state index contributed by atoms with van der Waals surface area (Å²) in [6, 6.07) is 17.5. The van der Waals surface area contributed by atoms with Crippen LogP contribution in [0.1, 0.15) is 28.3 Å². The quantitative estimate of drug-likeness (QED) is 0.651. The average molecular weight is 383 g/mol.